The first-order valence-electron chi connectivity index (χ1n) is 10.4. The highest BCUT2D eigenvalue weighted by Gasteiger charge is 2.20. The van der Waals surface area contributed by atoms with Crippen LogP contribution < -0.4 is 0 Å². The minimum absolute atomic E-state index is 0.0184. The van der Waals surface area contributed by atoms with E-state index < -0.39 is 0 Å². The molecule has 30 heavy (non-hydrogen) atoms. The maximum atomic E-state index is 13.7. The lowest BCUT2D eigenvalue weighted by Gasteiger charge is -2.24. The largest absolute Gasteiger partial charge is 0.334 e. The number of nitrogens with zero attached hydrogens (tertiary/aromatic N) is 3. The van der Waals surface area contributed by atoms with Gasteiger partial charge in [-0.25, -0.2) is 4.98 Å². The fraction of sp³-hybridized carbons (Fsp3) is 0.192. The van der Waals surface area contributed by atoms with Crippen LogP contribution in [0.2, 0.25) is 0 Å². The van der Waals surface area contributed by atoms with Crippen LogP contribution in [0, 0.1) is 0 Å². The number of benzene rings is 2. The molecule has 0 unspecified atom stereocenters. The van der Waals surface area contributed by atoms with Crippen LogP contribution in [0.5, 0.6) is 0 Å². The van der Waals surface area contributed by atoms with Gasteiger partial charge < -0.3 is 4.90 Å². The van der Waals surface area contributed by atoms with Gasteiger partial charge >= 0.3 is 0 Å². The number of hydrogen-bond donors (Lipinski definition) is 0. The molecule has 0 atom stereocenters. The van der Waals surface area contributed by atoms with Crippen molar-refractivity contribution in [1.29, 1.82) is 0 Å². The molecule has 4 rings (SSSR count). The van der Waals surface area contributed by atoms with Gasteiger partial charge in [0.2, 0.25) is 0 Å². The van der Waals surface area contributed by atoms with Crippen LogP contribution in [-0.2, 0) is 6.54 Å². The van der Waals surface area contributed by atoms with Gasteiger partial charge in [0.25, 0.3) is 5.91 Å². The summed E-state index contributed by atoms with van der Waals surface area (Å²) in [6.45, 7) is 3.45. The lowest BCUT2D eigenvalue weighted by molar-refractivity contribution is 0.0742. The Hall–Kier alpha value is -3.53. The zero-order valence-corrected chi connectivity index (χ0v) is 17.2. The minimum Gasteiger partial charge on any atom is -0.334 e. The van der Waals surface area contributed by atoms with E-state index in [1.807, 2.05) is 65.6 Å². The van der Waals surface area contributed by atoms with Crippen LogP contribution in [-0.4, -0.2) is 27.3 Å². The molecular formula is C26H25N3O. The quantitative estimate of drug-likeness (QED) is 0.401. The molecule has 2 heterocycles. The Morgan fingerprint density at radius 3 is 2.43 bits per heavy atom. The normalized spacial score (nSPS) is 10.8. The van der Waals surface area contributed by atoms with Gasteiger partial charge in [0.05, 0.1) is 16.8 Å². The van der Waals surface area contributed by atoms with E-state index >= 15 is 0 Å². The number of amides is 1. The molecule has 0 aliphatic rings. The van der Waals surface area contributed by atoms with E-state index in [0.717, 1.165) is 47.1 Å². The van der Waals surface area contributed by atoms with Crippen molar-refractivity contribution >= 4 is 16.8 Å². The molecule has 2 aromatic carbocycles. The highest BCUT2D eigenvalue weighted by molar-refractivity contribution is 6.06. The zero-order valence-electron chi connectivity index (χ0n) is 17.2. The first kappa shape index (κ1) is 19.8. The van der Waals surface area contributed by atoms with E-state index in [1.165, 1.54) is 0 Å². The summed E-state index contributed by atoms with van der Waals surface area (Å²) in [5, 5.41) is 0.789. The predicted octanol–water partition coefficient (Wildman–Crippen LogP) is 5.74. The molecule has 4 aromatic rings. The Morgan fingerprint density at radius 2 is 1.70 bits per heavy atom. The third kappa shape index (κ3) is 4.38. The zero-order chi connectivity index (χ0) is 20.8. The molecule has 150 valence electrons. The summed E-state index contributed by atoms with van der Waals surface area (Å²) in [5.74, 6) is 0.0184. The standard InChI is InChI=1S/C26H25N3O/c1-2-3-16-29(19-20-10-6-4-7-11-20)26(30)22-17-25(21-12-8-5-9-13-21)28-24-14-15-27-18-23(22)24/h4-15,17-18H,2-3,16,19H2,1H3. The molecule has 0 radical (unpaired) electrons. The molecule has 4 heteroatoms. The van der Waals surface area contributed by atoms with E-state index in [2.05, 4.69) is 24.0 Å². The number of rotatable bonds is 7. The Bertz CT molecular complexity index is 1130. The Labute approximate surface area is 177 Å². The summed E-state index contributed by atoms with van der Waals surface area (Å²) >= 11 is 0. The van der Waals surface area contributed by atoms with Crippen molar-refractivity contribution in [2.75, 3.05) is 6.54 Å². The van der Waals surface area contributed by atoms with Gasteiger partial charge in [-0.3, -0.25) is 9.78 Å². The van der Waals surface area contributed by atoms with E-state index in [0.29, 0.717) is 12.1 Å². The Morgan fingerprint density at radius 1 is 0.967 bits per heavy atom. The smallest absolute Gasteiger partial charge is 0.254 e. The SMILES string of the molecule is CCCCN(Cc1ccccc1)C(=O)c1cc(-c2ccccc2)nc2ccncc12. The lowest BCUT2D eigenvalue weighted by Crippen LogP contribution is -2.31. The molecule has 0 bridgehead atoms. The first-order valence-corrected chi connectivity index (χ1v) is 10.4. The van der Waals surface area contributed by atoms with Crippen LogP contribution in [0.3, 0.4) is 0 Å². The van der Waals surface area contributed by atoms with Crippen LogP contribution in [0.4, 0.5) is 0 Å². The molecular weight excluding hydrogens is 370 g/mol. The molecule has 0 spiro atoms. The van der Waals surface area contributed by atoms with Gasteiger partial charge in [-0.05, 0) is 24.1 Å². The topological polar surface area (TPSA) is 46.1 Å². The van der Waals surface area contributed by atoms with Gasteiger partial charge in [0.1, 0.15) is 0 Å². The lowest BCUT2D eigenvalue weighted by atomic mass is 10.0. The summed E-state index contributed by atoms with van der Waals surface area (Å²) in [7, 11) is 0. The number of unbranched alkanes of at least 4 members (excludes halogenated alkanes) is 1. The number of aromatic nitrogens is 2. The fourth-order valence-corrected chi connectivity index (χ4v) is 3.58. The maximum Gasteiger partial charge on any atom is 0.254 e. The molecule has 0 saturated carbocycles. The average molecular weight is 396 g/mol. The molecule has 0 saturated heterocycles. The monoisotopic (exact) mass is 395 g/mol. The van der Waals surface area contributed by atoms with Gasteiger partial charge in [-0.1, -0.05) is 74.0 Å². The molecule has 4 nitrogen and oxygen atoms in total. The Balaban J connectivity index is 1.77. The van der Waals surface area contributed by atoms with Crippen LogP contribution >= 0.6 is 0 Å². The van der Waals surface area contributed by atoms with Crippen LogP contribution in [0.1, 0.15) is 35.7 Å². The average Bonchev–Trinajstić information content (AvgIpc) is 2.82. The highest BCUT2D eigenvalue weighted by atomic mass is 16.2. The van der Waals surface area contributed by atoms with Crippen molar-refractivity contribution in [2.45, 2.75) is 26.3 Å². The van der Waals surface area contributed by atoms with Gasteiger partial charge in [0.15, 0.2) is 0 Å². The molecule has 1 amide bonds. The molecule has 0 N–H and O–H groups in total. The van der Waals surface area contributed by atoms with Crippen molar-refractivity contribution in [3.63, 3.8) is 0 Å². The summed E-state index contributed by atoms with van der Waals surface area (Å²) in [6, 6.07) is 23.9. The van der Waals surface area contributed by atoms with Gasteiger partial charge in [-0.2, -0.15) is 0 Å². The number of carbonyl (C=O) groups is 1. The molecule has 0 aliphatic carbocycles. The maximum absolute atomic E-state index is 13.7. The van der Waals surface area contributed by atoms with Crippen LogP contribution in [0.15, 0.2) is 85.2 Å². The molecule has 0 aliphatic heterocycles. The van der Waals surface area contributed by atoms with Gasteiger partial charge in [0, 0.05) is 36.4 Å². The highest BCUT2D eigenvalue weighted by Crippen LogP contribution is 2.26. The van der Waals surface area contributed by atoms with Crippen molar-refractivity contribution in [3.05, 3.63) is 96.3 Å². The second-order valence-electron chi connectivity index (χ2n) is 7.38. The fourth-order valence-electron chi connectivity index (χ4n) is 3.58. The van der Waals surface area contributed by atoms with E-state index in [1.54, 1.807) is 12.4 Å². The third-order valence-electron chi connectivity index (χ3n) is 5.20. The number of hydrogen-bond acceptors (Lipinski definition) is 3. The van der Waals surface area contributed by atoms with Crippen molar-refractivity contribution in [3.8, 4) is 11.3 Å². The molecule has 0 fully saturated rings. The summed E-state index contributed by atoms with van der Waals surface area (Å²) < 4.78 is 0. The minimum atomic E-state index is 0.0184. The second-order valence-corrected chi connectivity index (χ2v) is 7.38. The Kier molecular flexibility index (Phi) is 6.14. The molecule has 2 aromatic heterocycles. The second kappa shape index (κ2) is 9.31. The van der Waals surface area contributed by atoms with E-state index in [9.17, 15) is 4.79 Å². The predicted molar refractivity (Wildman–Crippen MR) is 121 cm³/mol. The number of pyridine rings is 2. The summed E-state index contributed by atoms with van der Waals surface area (Å²) in [6.07, 6.45) is 5.46. The summed E-state index contributed by atoms with van der Waals surface area (Å²) in [5.41, 5.74) is 4.35. The number of fused-ring (bicyclic) bond motifs is 1. The summed E-state index contributed by atoms with van der Waals surface area (Å²) in [4.78, 5) is 24.7. The number of carbonyl (C=O) groups excluding carboxylic acids is 1. The van der Waals surface area contributed by atoms with E-state index in [4.69, 9.17) is 4.98 Å². The van der Waals surface area contributed by atoms with E-state index in [-0.39, 0.29) is 5.91 Å². The van der Waals surface area contributed by atoms with Crippen LogP contribution in [0.25, 0.3) is 22.2 Å². The third-order valence-corrected chi connectivity index (χ3v) is 5.20. The van der Waals surface area contributed by atoms with Crippen molar-refractivity contribution < 1.29 is 4.79 Å². The van der Waals surface area contributed by atoms with Gasteiger partial charge in [-0.15, -0.1) is 0 Å². The first-order chi connectivity index (χ1) is 14.8. The van der Waals surface area contributed by atoms with Crippen molar-refractivity contribution in [2.24, 2.45) is 0 Å². The van der Waals surface area contributed by atoms with Crippen molar-refractivity contribution in [1.82, 2.24) is 14.9 Å².